The number of benzene rings is 1. The van der Waals surface area contributed by atoms with Gasteiger partial charge >= 0.3 is 0 Å². The summed E-state index contributed by atoms with van der Waals surface area (Å²) in [5.74, 6) is 1.77. The van der Waals surface area contributed by atoms with Gasteiger partial charge in [-0.2, -0.15) is 0 Å². The van der Waals surface area contributed by atoms with Gasteiger partial charge in [0.05, 0.1) is 41.7 Å². The number of halogens is 1. The van der Waals surface area contributed by atoms with Gasteiger partial charge in [-0.1, -0.05) is 11.6 Å². The van der Waals surface area contributed by atoms with Crippen molar-refractivity contribution < 1.29 is 17.6 Å². The Labute approximate surface area is 156 Å². The molecule has 0 aliphatic rings. The van der Waals surface area contributed by atoms with E-state index in [2.05, 4.69) is 15.0 Å². The lowest BCUT2D eigenvalue weighted by Crippen LogP contribution is -2.13. The number of anilines is 2. The zero-order valence-corrected chi connectivity index (χ0v) is 15.3. The van der Waals surface area contributed by atoms with Crippen molar-refractivity contribution in [2.24, 2.45) is 0 Å². The van der Waals surface area contributed by atoms with Crippen molar-refractivity contribution in [1.82, 2.24) is 4.98 Å². The smallest absolute Gasteiger partial charge is 0.261 e. The van der Waals surface area contributed by atoms with Gasteiger partial charge < -0.3 is 14.5 Å². The van der Waals surface area contributed by atoms with Gasteiger partial charge in [-0.05, 0) is 42.5 Å². The van der Waals surface area contributed by atoms with Crippen molar-refractivity contribution in [3.8, 4) is 5.75 Å². The molecule has 0 unspecified atom stereocenters. The molecular formula is C17H16ClN3O4S. The number of aromatic nitrogens is 1. The van der Waals surface area contributed by atoms with E-state index in [0.717, 1.165) is 5.76 Å². The van der Waals surface area contributed by atoms with Crippen LogP contribution in [0.3, 0.4) is 0 Å². The molecule has 9 heteroatoms. The van der Waals surface area contributed by atoms with Crippen molar-refractivity contribution in [1.29, 1.82) is 0 Å². The van der Waals surface area contributed by atoms with Gasteiger partial charge in [-0.25, -0.2) is 13.4 Å². The summed E-state index contributed by atoms with van der Waals surface area (Å²) in [7, 11) is -2.33. The molecule has 3 aromatic rings. The number of nitrogens with one attached hydrogen (secondary N) is 2. The molecular weight excluding hydrogens is 378 g/mol. The number of nitrogens with zero attached hydrogens (tertiary/aromatic N) is 1. The summed E-state index contributed by atoms with van der Waals surface area (Å²) < 4.78 is 37.6. The van der Waals surface area contributed by atoms with Gasteiger partial charge in [0.2, 0.25) is 0 Å². The van der Waals surface area contributed by atoms with E-state index < -0.39 is 10.0 Å². The maximum Gasteiger partial charge on any atom is 0.261 e. The van der Waals surface area contributed by atoms with Crippen LogP contribution >= 0.6 is 11.6 Å². The fourth-order valence-corrected chi connectivity index (χ4v) is 3.57. The Morgan fingerprint density at radius 3 is 2.69 bits per heavy atom. The van der Waals surface area contributed by atoms with Crippen LogP contribution in [0.1, 0.15) is 5.76 Å². The highest BCUT2D eigenvalue weighted by Gasteiger charge is 2.16. The Bertz CT molecular complexity index is 974. The molecule has 2 N–H and O–H groups in total. The first-order valence-electron chi connectivity index (χ1n) is 7.56. The minimum Gasteiger partial charge on any atom is -0.495 e. The summed E-state index contributed by atoms with van der Waals surface area (Å²) in [5.41, 5.74) is 0.334. The zero-order chi connectivity index (χ0) is 18.6. The van der Waals surface area contributed by atoms with Crippen LogP contribution in [-0.2, 0) is 16.6 Å². The highest BCUT2D eigenvalue weighted by atomic mass is 35.5. The Morgan fingerprint density at radius 1 is 1.23 bits per heavy atom. The molecule has 0 bridgehead atoms. The minimum absolute atomic E-state index is 0.0309. The number of methoxy groups -OCH3 is 1. The third kappa shape index (κ3) is 4.27. The SMILES string of the molecule is COc1ccc(S(=O)(=O)Nc2ccc(NCc3ccco3)nc2)cc1Cl. The molecule has 0 atom stereocenters. The first-order valence-corrected chi connectivity index (χ1v) is 9.43. The van der Waals surface area contributed by atoms with Crippen molar-refractivity contribution >= 4 is 33.1 Å². The average molecular weight is 394 g/mol. The summed E-state index contributed by atoms with van der Waals surface area (Å²) in [4.78, 5) is 4.21. The highest BCUT2D eigenvalue weighted by Crippen LogP contribution is 2.27. The first kappa shape index (κ1) is 18.1. The second kappa shape index (κ2) is 7.67. The van der Waals surface area contributed by atoms with E-state index in [1.807, 2.05) is 6.07 Å². The van der Waals surface area contributed by atoms with Crippen LogP contribution in [0.2, 0.25) is 5.02 Å². The molecule has 26 heavy (non-hydrogen) atoms. The normalized spacial score (nSPS) is 11.2. The monoisotopic (exact) mass is 393 g/mol. The molecule has 0 saturated heterocycles. The molecule has 3 rings (SSSR count). The van der Waals surface area contributed by atoms with E-state index in [1.165, 1.54) is 31.5 Å². The number of hydrogen-bond donors (Lipinski definition) is 2. The molecule has 136 valence electrons. The Balaban J connectivity index is 1.68. The molecule has 2 heterocycles. The predicted octanol–water partition coefficient (Wildman–Crippen LogP) is 3.75. The zero-order valence-electron chi connectivity index (χ0n) is 13.8. The van der Waals surface area contributed by atoms with Gasteiger partial charge in [-0.3, -0.25) is 4.72 Å². The molecule has 0 radical (unpaired) electrons. The summed E-state index contributed by atoms with van der Waals surface area (Å²) in [6, 6.07) is 11.2. The molecule has 0 aliphatic heterocycles. The van der Waals surface area contributed by atoms with Gasteiger partial charge in [0, 0.05) is 0 Å². The summed E-state index contributed by atoms with van der Waals surface area (Å²) in [6.45, 7) is 0.482. The maximum absolute atomic E-state index is 12.5. The third-order valence-corrected chi connectivity index (χ3v) is 5.15. The molecule has 1 aromatic carbocycles. The highest BCUT2D eigenvalue weighted by molar-refractivity contribution is 7.92. The number of hydrogen-bond acceptors (Lipinski definition) is 6. The van der Waals surface area contributed by atoms with Crippen LogP contribution in [0.15, 0.2) is 64.2 Å². The van der Waals surface area contributed by atoms with E-state index in [0.29, 0.717) is 23.8 Å². The number of rotatable bonds is 7. The Hall–Kier alpha value is -2.71. The van der Waals surface area contributed by atoms with Crippen molar-refractivity contribution in [3.05, 3.63) is 65.7 Å². The number of furan rings is 1. The summed E-state index contributed by atoms with van der Waals surface area (Å²) >= 11 is 5.99. The van der Waals surface area contributed by atoms with Crippen LogP contribution in [0, 0.1) is 0 Å². The minimum atomic E-state index is -3.79. The van der Waals surface area contributed by atoms with E-state index in [1.54, 1.807) is 24.5 Å². The molecule has 0 saturated carbocycles. The molecule has 2 aromatic heterocycles. The number of ether oxygens (including phenoxy) is 1. The number of pyridine rings is 1. The van der Waals surface area contributed by atoms with Gasteiger partial charge in [0.25, 0.3) is 10.0 Å². The van der Waals surface area contributed by atoms with Crippen LogP contribution in [-0.4, -0.2) is 20.5 Å². The Kier molecular flexibility index (Phi) is 5.34. The molecule has 7 nitrogen and oxygen atoms in total. The summed E-state index contributed by atoms with van der Waals surface area (Å²) in [5, 5.41) is 3.29. The lowest BCUT2D eigenvalue weighted by atomic mass is 10.3. The first-order chi connectivity index (χ1) is 12.5. The van der Waals surface area contributed by atoms with E-state index in [9.17, 15) is 8.42 Å². The van der Waals surface area contributed by atoms with E-state index in [4.69, 9.17) is 20.8 Å². The average Bonchev–Trinajstić information content (AvgIpc) is 3.14. The number of sulfonamides is 1. The quantitative estimate of drug-likeness (QED) is 0.635. The predicted molar refractivity (Wildman–Crippen MR) is 99.1 cm³/mol. The second-order valence-electron chi connectivity index (χ2n) is 5.27. The van der Waals surface area contributed by atoms with E-state index in [-0.39, 0.29) is 9.92 Å². The van der Waals surface area contributed by atoms with Crippen LogP contribution in [0.4, 0.5) is 11.5 Å². The van der Waals surface area contributed by atoms with Crippen LogP contribution in [0.5, 0.6) is 5.75 Å². The second-order valence-corrected chi connectivity index (χ2v) is 7.36. The Morgan fingerprint density at radius 2 is 2.08 bits per heavy atom. The van der Waals surface area contributed by atoms with Crippen LogP contribution < -0.4 is 14.8 Å². The van der Waals surface area contributed by atoms with Crippen molar-refractivity contribution in [2.75, 3.05) is 17.1 Å². The summed E-state index contributed by atoms with van der Waals surface area (Å²) in [6.07, 6.45) is 3.01. The van der Waals surface area contributed by atoms with Gasteiger partial charge in [0.15, 0.2) is 0 Å². The largest absolute Gasteiger partial charge is 0.495 e. The van der Waals surface area contributed by atoms with E-state index >= 15 is 0 Å². The van der Waals surface area contributed by atoms with Crippen LogP contribution in [0.25, 0.3) is 0 Å². The standard InChI is InChI=1S/C17H16ClN3O4S/c1-24-16-6-5-14(9-15(16)18)26(22,23)21-12-4-7-17(19-10-12)20-11-13-3-2-8-25-13/h2-10,21H,11H2,1H3,(H,19,20). The topological polar surface area (TPSA) is 93.5 Å². The fourth-order valence-electron chi connectivity index (χ4n) is 2.18. The molecule has 0 spiro atoms. The fraction of sp³-hybridized carbons (Fsp3) is 0.118. The van der Waals surface area contributed by atoms with Gasteiger partial charge in [0.1, 0.15) is 17.3 Å². The molecule has 0 amide bonds. The molecule has 0 fully saturated rings. The third-order valence-electron chi connectivity index (χ3n) is 3.47. The lowest BCUT2D eigenvalue weighted by molar-refractivity contribution is 0.414. The lowest BCUT2D eigenvalue weighted by Gasteiger charge is -2.10. The van der Waals surface area contributed by atoms with Crippen molar-refractivity contribution in [3.63, 3.8) is 0 Å². The van der Waals surface area contributed by atoms with Gasteiger partial charge in [-0.15, -0.1) is 0 Å². The van der Waals surface area contributed by atoms with Crippen molar-refractivity contribution in [2.45, 2.75) is 11.4 Å². The maximum atomic E-state index is 12.5. The molecule has 0 aliphatic carbocycles.